The first-order chi connectivity index (χ1) is 18.1. The molecule has 1 unspecified atom stereocenters. The van der Waals surface area contributed by atoms with Crippen LogP contribution < -0.4 is 9.47 Å². The zero-order valence-corrected chi connectivity index (χ0v) is 21.7. The molecule has 0 amide bonds. The van der Waals surface area contributed by atoms with Crippen LogP contribution in [0.2, 0.25) is 0 Å². The maximum atomic E-state index is 12.0. The van der Waals surface area contributed by atoms with Gasteiger partial charge in [0.2, 0.25) is 0 Å². The molecule has 0 radical (unpaired) electrons. The van der Waals surface area contributed by atoms with Crippen molar-refractivity contribution in [2.75, 3.05) is 13.7 Å². The van der Waals surface area contributed by atoms with Gasteiger partial charge in [0.1, 0.15) is 11.5 Å². The molecule has 0 heterocycles. The molecule has 0 spiro atoms. The monoisotopic (exact) mass is 492 g/mol. The molecule has 4 heteroatoms. The first-order valence-electron chi connectivity index (χ1n) is 12.9. The number of benzene rings is 4. The molecule has 0 aliphatic heterocycles. The van der Waals surface area contributed by atoms with Gasteiger partial charge < -0.3 is 9.47 Å². The zero-order chi connectivity index (χ0) is 26.2. The summed E-state index contributed by atoms with van der Waals surface area (Å²) in [5.74, 6) is 8.14. The summed E-state index contributed by atoms with van der Waals surface area (Å²) in [5, 5.41) is 3.57. The van der Waals surface area contributed by atoms with E-state index in [1.165, 1.54) is 7.11 Å². The van der Waals surface area contributed by atoms with Crippen molar-refractivity contribution in [3.63, 3.8) is 0 Å². The molecule has 0 bridgehead atoms. The number of carbonyl (C=O) groups is 2. The van der Waals surface area contributed by atoms with Crippen molar-refractivity contribution in [2.45, 2.75) is 39.5 Å². The van der Waals surface area contributed by atoms with E-state index >= 15 is 0 Å². The fraction of sp³-hybridized carbons (Fsp3) is 0.273. The molecule has 37 heavy (non-hydrogen) atoms. The van der Waals surface area contributed by atoms with Gasteiger partial charge in [-0.05, 0) is 39.9 Å². The Labute approximate surface area is 218 Å². The Bertz CT molecular complexity index is 1430. The van der Waals surface area contributed by atoms with E-state index in [1.54, 1.807) is 12.1 Å². The third kappa shape index (κ3) is 5.52. The van der Waals surface area contributed by atoms with Crippen molar-refractivity contribution < 1.29 is 19.1 Å². The highest BCUT2D eigenvalue weighted by molar-refractivity contribution is 6.15. The Hall–Kier alpha value is -4.10. The van der Waals surface area contributed by atoms with Crippen molar-refractivity contribution >= 4 is 34.1 Å². The van der Waals surface area contributed by atoms with E-state index in [2.05, 4.69) is 25.7 Å². The summed E-state index contributed by atoms with van der Waals surface area (Å²) in [6.45, 7) is 4.93. The summed E-state index contributed by atoms with van der Waals surface area (Å²) in [6.07, 6.45) is 6.13. The maximum Gasteiger partial charge on any atom is 0.153 e. The molecule has 0 saturated heterocycles. The van der Waals surface area contributed by atoms with Gasteiger partial charge in [0.25, 0.3) is 0 Å². The molecule has 4 rings (SSSR count). The van der Waals surface area contributed by atoms with Crippen molar-refractivity contribution in [3.05, 3.63) is 82.9 Å². The fourth-order valence-electron chi connectivity index (χ4n) is 4.72. The van der Waals surface area contributed by atoms with Gasteiger partial charge in [-0.25, -0.2) is 0 Å². The number of rotatable bonds is 10. The molecule has 188 valence electrons. The minimum absolute atomic E-state index is 0.427. The molecule has 4 aromatic rings. The highest BCUT2D eigenvalue weighted by Crippen LogP contribution is 2.33. The molecule has 0 aromatic heterocycles. The van der Waals surface area contributed by atoms with Crippen LogP contribution in [0.25, 0.3) is 21.5 Å². The molecule has 0 aliphatic carbocycles. The summed E-state index contributed by atoms with van der Waals surface area (Å²) >= 11 is 0. The average molecular weight is 493 g/mol. The summed E-state index contributed by atoms with van der Waals surface area (Å²) in [4.78, 5) is 23.7. The van der Waals surface area contributed by atoms with Crippen LogP contribution in [-0.4, -0.2) is 26.3 Å². The van der Waals surface area contributed by atoms with Crippen LogP contribution in [0.5, 0.6) is 11.5 Å². The number of hydrogen-bond acceptors (Lipinski definition) is 4. The predicted octanol–water partition coefficient (Wildman–Crippen LogP) is 7.62. The number of ether oxygens (including phenoxy) is 2. The minimum atomic E-state index is 0.427. The fourth-order valence-corrected chi connectivity index (χ4v) is 4.72. The minimum Gasteiger partial charge on any atom is -0.496 e. The van der Waals surface area contributed by atoms with E-state index in [0.717, 1.165) is 65.4 Å². The van der Waals surface area contributed by atoms with E-state index in [4.69, 9.17) is 9.47 Å². The van der Waals surface area contributed by atoms with Gasteiger partial charge in [-0.1, -0.05) is 93.5 Å². The van der Waals surface area contributed by atoms with Gasteiger partial charge in [0.05, 0.1) is 24.8 Å². The predicted molar refractivity (Wildman–Crippen MR) is 150 cm³/mol. The van der Waals surface area contributed by atoms with Gasteiger partial charge in [0, 0.05) is 17.2 Å². The van der Waals surface area contributed by atoms with Crippen molar-refractivity contribution in [1.82, 2.24) is 0 Å². The van der Waals surface area contributed by atoms with Crippen molar-refractivity contribution in [3.8, 4) is 23.3 Å². The zero-order valence-electron chi connectivity index (χ0n) is 21.7. The van der Waals surface area contributed by atoms with Crippen molar-refractivity contribution in [2.24, 2.45) is 5.92 Å². The van der Waals surface area contributed by atoms with Crippen LogP contribution in [0.3, 0.4) is 0 Å². The van der Waals surface area contributed by atoms with E-state index in [1.807, 2.05) is 48.5 Å². The van der Waals surface area contributed by atoms with Crippen LogP contribution in [0, 0.1) is 17.8 Å². The van der Waals surface area contributed by atoms with Crippen molar-refractivity contribution in [1.29, 1.82) is 0 Å². The lowest BCUT2D eigenvalue weighted by atomic mass is 9.92. The molecule has 4 aromatic carbocycles. The summed E-state index contributed by atoms with van der Waals surface area (Å²) < 4.78 is 11.7. The summed E-state index contributed by atoms with van der Waals surface area (Å²) in [5.41, 5.74) is 2.59. The number of fused-ring (bicyclic) bond motifs is 2. The van der Waals surface area contributed by atoms with E-state index < -0.39 is 0 Å². The smallest absolute Gasteiger partial charge is 0.153 e. The highest BCUT2D eigenvalue weighted by atomic mass is 16.5. The first-order valence-corrected chi connectivity index (χ1v) is 12.9. The standard InChI is InChI=1S/C33H32O4/c1-4-6-11-23(5-2)22-37-33-19-25(20-34)32(36-3)18-24(33)16-17-30-26-12-7-9-14-28(26)31(21-35)29-15-10-8-13-27(29)30/h7-10,12-15,18-21,23H,4-6,11,22H2,1-3H3. The second kappa shape index (κ2) is 12.2. The van der Waals surface area contributed by atoms with Crippen LogP contribution in [0.1, 0.15) is 71.4 Å². The Morgan fingerprint density at radius 3 is 2.03 bits per heavy atom. The number of hydrogen-bond donors (Lipinski definition) is 0. The molecule has 0 aliphatic rings. The van der Waals surface area contributed by atoms with Crippen LogP contribution in [-0.2, 0) is 0 Å². The lowest BCUT2D eigenvalue weighted by Crippen LogP contribution is -2.12. The Morgan fingerprint density at radius 2 is 1.49 bits per heavy atom. The second-order valence-electron chi connectivity index (χ2n) is 9.18. The van der Waals surface area contributed by atoms with Crippen LogP contribution in [0.15, 0.2) is 60.7 Å². The van der Waals surface area contributed by atoms with Gasteiger partial charge in [-0.3, -0.25) is 9.59 Å². The Kier molecular flexibility index (Phi) is 8.59. The van der Waals surface area contributed by atoms with E-state index in [0.29, 0.717) is 40.7 Å². The molecule has 0 saturated carbocycles. The third-order valence-electron chi connectivity index (χ3n) is 6.89. The number of carbonyl (C=O) groups excluding carboxylic acids is 2. The van der Waals surface area contributed by atoms with Gasteiger partial charge >= 0.3 is 0 Å². The number of aldehydes is 2. The Morgan fingerprint density at radius 1 is 0.838 bits per heavy atom. The SMILES string of the molecule is CCCCC(CC)COc1cc(C=O)c(OC)cc1C#Cc1c2ccccc2c(C=O)c2ccccc12. The first kappa shape index (κ1) is 26.0. The average Bonchev–Trinajstić information content (AvgIpc) is 2.95. The lowest BCUT2D eigenvalue weighted by Gasteiger charge is -2.17. The van der Waals surface area contributed by atoms with Gasteiger partial charge in [-0.2, -0.15) is 0 Å². The van der Waals surface area contributed by atoms with Gasteiger partial charge in [-0.15, -0.1) is 0 Å². The van der Waals surface area contributed by atoms with Crippen LogP contribution in [0.4, 0.5) is 0 Å². The maximum absolute atomic E-state index is 12.0. The Balaban J connectivity index is 1.86. The lowest BCUT2D eigenvalue weighted by molar-refractivity contribution is 0.111. The molecular weight excluding hydrogens is 460 g/mol. The number of unbranched alkanes of at least 4 members (excludes halogenated alkanes) is 1. The third-order valence-corrected chi connectivity index (χ3v) is 6.89. The molecule has 1 atom stereocenters. The largest absolute Gasteiger partial charge is 0.496 e. The summed E-state index contributed by atoms with van der Waals surface area (Å²) in [6, 6.07) is 19.1. The number of methoxy groups -OCH3 is 1. The molecular formula is C33H32O4. The molecule has 0 N–H and O–H groups in total. The second-order valence-corrected chi connectivity index (χ2v) is 9.18. The normalized spacial score (nSPS) is 11.5. The quantitative estimate of drug-likeness (QED) is 0.130. The van der Waals surface area contributed by atoms with Crippen LogP contribution >= 0.6 is 0 Å². The summed E-state index contributed by atoms with van der Waals surface area (Å²) in [7, 11) is 1.54. The van der Waals surface area contributed by atoms with E-state index in [9.17, 15) is 9.59 Å². The highest BCUT2D eigenvalue weighted by Gasteiger charge is 2.15. The van der Waals surface area contributed by atoms with Gasteiger partial charge in [0.15, 0.2) is 12.6 Å². The molecule has 0 fully saturated rings. The topological polar surface area (TPSA) is 52.6 Å². The van der Waals surface area contributed by atoms with E-state index in [-0.39, 0.29) is 0 Å². The molecule has 4 nitrogen and oxygen atoms in total.